The van der Waals surface area contributed by atoms with Crippen LogP contribution in [0, 0.1) is 0 Å². The highest BCUT2D eigenvalue weighted by atomic mass is 32.2. The molecule has 0 radical (unpaired) electrons. The molecule has 0 heterocycles. The molecular weight excluding hydrogens is 238 g/mol. The van der Waals surface area contributed by atoms with Gasteiger partial charge in [-0.2, -0.15) is 0 Å². The molecule has 0 unspecified atom stereocenters. The van der Waals surface area contributed by atoms with Crippen molar-refractivity contribution in [2.75, 3.05) is 32.4 Å². The van der Waals surface area contributed by atoms with E-state index in [1.54, 1.807) is 0 Å². The summed E-state index contributed by atoms with van der Waals surface area (Å²) in [5.74, 6) is 0.151. The van der Waals surface area contributed by atoms with Crippen LogP contribution in [-0.2, 0) is 10.0 Å². The Morgan fingerprint density at radius 3 is 2.47 bits per heavy atom. The van der Waals surface area contributed by atoms with Crippen molar-refractivity contribution in [3.63, 3.8) is 0 Å². The minimum Gasteiger partial charge on any atom is -0.313 e. The van der Waals surface area contributed by atoms with Crippen molar-refractivity contribution in [1.29, 1.82) is 0 Å². The van der Waals surface area contributed by atoms with Crippen molar-refractivity contribution in [3.8, 4) is 0 Å². The zero-order valence-corrected chi connectivity index (χ0v) is 11.9. The summed E-state index contributed by atoms with van der Waals surface area (Å²) in [7, 11) is -1.07. The molecule has 1 aliphatic rings. The average Bonchev–Trinajstić information content (AvgIpc) is 2.98. The molecule has 102 valence electrons. The van der Waals surface area contributed by atoms with Gasteiger partial charge in [0.15, 0.2) is 0 Å². The lowest BCUT2D eigenvalue weighted by Crippen LogP contribution is -2.38. The Balaban J connectivity index is 2.10. The van der Waals surface area contributed by atoms with Crippen molar-refractivity contribution in [3.05, 3.63) is 0 Å². The lowest BCUT2D eigenvalue weighted by molar-refractivity contribution is 0.329. The van der Waals surface area contributed by atoms with Crippen LogP contribution in [0.25, 0.3) is 0 Å². The predicted molar refractivity (Wildman–Crippen MR) is 70.6 cm³/mol. The third-order valence-electron chi connectivity index (χ3n) is 2.88. The van der Waals surface area contributed by atoms with Gasteiger partial charge in [0.05, 0.1) is 5.75 Å². The molecule has 0 aromatic carbocycles. The highest BCUT2D eigenvalue weighted by Gasteiger charge is 2.25. The quantitative estimate of drug-likeness (QED) is 0.615. The normalized spacial score (nSPS) is 17.0. The summed E-state index contributed by atoms with van der Waals surface area (Å²) in [5, 5.41) is 3.10. The molecular formula is C11H25N3O2S. The highest BCUT2D eigenvalue weighted by Crippen LogP contribution is 2.24. The first kappa shape index (κ1) is 14.9. The molecule has 6 heteroatoms. The Labute approximate surface area is 105 Å². The van der Waals surface area contributed by atoms with Crippen molar-refractivity contribution in [2.45, 2.75) is 38.8 Å². The Morgan fingerprint density at radius 2 is 1.94 bits per heavy atom. The molecule has 1 rings (SSSR count). The SMILES string of the molecule is CC(C)NCCS(=O)(=O)NCCN(C)C1CC1. The second kappa shape index (κ2) is 6.68. The highest BCUT2D eigenvalue weighted by molar-refractivity contribution is 7.89. The lowest BCUT2D eigenvalue weighted by atomic mass is 10.4. The maximum atomic E-state index is 11.6. The van der Waals surface area contributed by atoms with Gasteiger partial charge in [-0.05, 0) is 19.9 Å². The van der Waals surface area contributed by atoms with Gasteiger partial charge < -0.3 is 10.2 Å². The monoisotopic (exact) mass is 263 g/mol. The smallest absolute Gasteiger partial charge is 0.212 e. The van der Waals surface area contributed by atoms with Gasteiger partial charge in [0.2, 0.25) is 10.0 Å². The first-order valence-corrected chi connectivity index (χ1v) is 7.97. The van der Waals surface area contributed by atoms with Crippen LogP contribution >= 0.6 is 0 Å². The summed E-state index contributed by atoms with van der Waals surface area (Å²) in [6, 6.07) is 1.01. The van der Waals surface area contributed by atoms with Crippen molar-refractivity contribution >= 4 is 10.0 Å². The molecule has 1 fully saturated rings. The standard InChI is InChI=1S/C11H25N3O2S/c1-10(2)12-7-9-17(15,16)13-6-8-14(3)11-4-5-11/h10-13H,4-9H2,1-3H3. The maximum absolute atomic E-state index is 11.6. The molecule has 0 spiro atoms. The molecule has 0 aromatic rings. The molecule has 0 amide bonds. The summed E-state index contributed by atoms with van der Waals surface area (Å²) in [4.78, 5) is 2.22. The summed E-state index contributed by atoms with van der Waals surface area (Å²) >= 11 is 0. The minimum absolute atomic E-state index is 0.151. The fourth-order valence-corrected chi connectivity index (χ4v) is 2.56. The number of hydrogen-bond acceptors (Lipinski definition) is 4. The van der Waals surface area contributed by atoms with Crippen LogP contribution in [0.5, 0.6) is 0 Å². The summed E-state index contributed by atoms with van der Waals surface area (Å²) in [5.41, 5.74) is 0. The topological polar surface area (TPSA) is 61.4 Å². The van der Waals surface area contributed by atoms with Gasteiger partial charge in [0, 0.05) is 31.7 Å². The lowest BCUT2D eigenvalue weighted by Gasteiger charge is -2.16. The number of hydrogen-bond donors (Lipinski definition) is 2. The van der Waals surface area contributed by atoms with E-state index >= 15 is 0 Å². The predicted octanol–water partition coefficient (Wildman–Crippen LogP) is -0.00200. The van der Waals surface area contributed by atoms with Crippen LogP contribution in [-0.4, -0.2) is 57.8 Å². The third-order valence-corrected chi connectivity index (χ3v) is 4.27. The van der Waals surface area contributed by atoms with Gasteiger partial charge in [-0.25, -0.2) is 13.1 Å². The number of rotatable bonds is 9. The number of likely N-dealkylation sites (N-methyl/N-ethyl adjacent to an activating group) is 1. The number of nitrogens with one attached hydrogen (secondary N) is 2. The van der Waals surface area contributed by atoms with Crippen molar-refractivity contribution in [2.24, 2.45) is 0 Å². The Hall–Kier alpha value is -0.170. The van der Waals surface area contributed by atoms with Crippen LogP contribution in [0.3, 0.4) is 0 Å². The molecule has 5 nitrogen and oxygen atoms in total. The fraction of sp³-hybridized carbons (Fsp3) is 1.00. The molecule has 0 aromatic heterocycles. The van der Waals surface area contributed by atoms with Crippen LogP contribution in [0.2, 0.25) is 0 Å². The van der Waals surface area contributed by atoms with E-state index in [2.05, 4.69) is 14.9 Å². The van der Waals surface area contributed by atoms with E-state index in [0.717, 1.165) is 6.54 Å². The molecule has 0 bridgehead atoms. The Bertz CT molecular complexity index is 313. The molecule has 1 aliphatic carbocycles. The van der Waals surface area contributed by atoms with Gasteiger partial charge in [-0.1, -0.05) is 13.8 Å². The van der Waals surface area contributed by atoms with Crippen LogP contribution in [0.1, 0.15) is 26.7 Å². The molecule has 0 atom stereocenters. The van der Waals surface area contributed by atoms with Crippen LogP contribution in [0.15, 0.2) is 0 Å². The van der Waals surface area contributed by atoms with Gasteiger partial charge in [-0.15, -0.1) is 0 Å². The van der Waals surface area contributed by atoms with E-state index in [0.29, 0.717) is 25.2 Å². The summed E-state index contributed by atoms with van der Waals surface area (Å²) in [6.45, 7) is 5.82. The van der Waals surface area contributed by atoms with E-state index in [1.165, 1.54) is 12.8 Å². The van der Waals surface area contributed by atoms with E-state index in [1.807, 2.05) is 20.9 Å². The minimum atomic E-state index is -3.12. The van der Waals surface area contributed by atoms with Crippen molar-refractivity contribution < 1.29 is 8.42 Å². The second-order valence-corrected chi connectivity index (χ2v) is 6.96. The second-order valence-electron chi connectivity index (χ2n) is 5.03. The molecule has 2 N–H and O–H groups in total. The van der Waals surface area contributed by atoms with E-state index in [-0.39, 0.29) is 5.75 Å². The van der Waals surface area contributed by atoms with E-state index < -0.39 is 10.0 Å². The third kappa shape index (κ3) is 6.98. The average molecular weight is 263 g/mol. The Morgan fingerprint density at radius 1 is 1.29 bits per heavy atom. The first-order valence-electron chi connectivity index (χ1n) is 6.31. The summed E-state index contributed by atoms with van der Waals surface area (Å²) in [6.07, 6.45) is 2.50. The molecule has 0 saturated heterocycles. The maximum Gasteiger partial charge on any atom is 0.212 e. The zero-order valence-electron chi connectivity index (χ0n) is 11.1. The molecule has 0 aliphatic heterocycles. The number of nitrogens with zero attached hydrogens (tertiary/aromatic N) is 1. The fourth-order valence-electron chi connectivity index (χ4n) is 1.63. The Kier molecular flexibility index (Phi) is 5.85. The van der Waals surface area contributed by atoms with Gasteiger partial charge >= 0.3 is 0 Å². The van der Waals surface area contributed by atoms with Gasteiger partial charge in [-0.3, -0.25) is 0 Å². The first-order chi connectivity index (χ1) is 7.91. The largest absolute Gasteiger partial charge is 0.313 e. The zero-order chi connectivity index (χ0) is 12.9. The number of sulfonamides is 1. The summed E-state index contributed by atoms with van der Waals surface area (Å²) < 4.78 is 25.9. The molecule has 17 heavy (non-hydrogen) atoms. The van der Waals surface area contributed by atoms with Gasteiger partial charge in [0.25, 0.3) is 0 Å². The molecule has 1 saturated carbocycles. The van der Waals surface area contributed by atoms with Crippen LogP contribution in [0.4, 0.5) is 0 Å². The van der Waals surface area contributed by atoms with Gasteiger partial charge in [0.1, 0.15) is 0 Å². The van der Waals surface area contributed by atoms with E-state index in [4.69, 9.17) is 0 Å². The van der Waals surface area contributed by atoms with E-state index in [9.17, 15) is 8.42 Å². The van der Waals surface area contributed by atoms with Crippen molar-refractivity contribution in [1.82, 2.24) is 14.9 Å². The van der Waals surface area contributed by atoms with Crippen LogP contribution < -0.4 is 10.0 Å².